The highest BCUT2D eigenvalue weighted by Crippen LogP contribution is 2.21. The second-order valence-corrected chi connectivity index (χ2v) is 8.93. The first-order chi connectivity index (χ1) is 13.4. The number of amides is 1. The molecule has 0 saturated heterocycles. The van der Waals surface area contributed by atoms with Crippen molar-refractivity contribution >= 4 is 12.1 Å². The number of carbonyl (C=O) groups excluding carboxylic acids is 1. The number of carbonyl (C=O) groups is 2. The molecule has 7 heteroatoms. The molecule has 1 amide bonds. The van der Waals surface area contributed by atoms with Gasteiger partial charge in [0.1, 0.15) is 11.1 Å². The number of hydrogen-bond donors (Lipinski definition) is 3. The molecule has 1 aromatic rings. The minimum atomic E-state index is -1.51. The maximum Gasteiger partial charge on any atom is 0.407 e. The van der Waals surface area contributed by atoms with Crippen LogP contribution in [0.25, 0.3) is 0 Å². The number of ether oxygens (including phenoxy) is 2. The molecule has 1 rings (SSSR count). The first kappa shape index (κ1) is 24.9. The van der Waals surface area contributed by atoms with Crippen LogP contribution in [0.1, 0.15) is 59.4 Å². The number of benzene rings is 1. The second kappa shape index (κ2) is 11.2. The van der Waals surface area contributed by atoms with E-state index in [2.05, 4.69) is 5.32 Å². The van der Waals surface area contributed by atoms with Crippen LogP contribution in [0.15, 0.2) is 30.3 Å². The molecule has 0 fully saturated rings. The van der Waals surface area contributed by atoms with E-state index in [0.717, 1.165) is 5.56 Å². The molecule has 0 aliphatic rings. The highest BCUT2D eigenvalue weighted by atomic mass is 16.6. The minimum absolute atomic E-state index is 0.0917. The average molecular weight is 409 g/mol. The third-order valence-electron chi connectivity index (χ3n) is 4.32. The third-order valence-corrected chi connectivity index (χ3v) is 4.32. The van der Waals surface area contributed by atoms with Gasteiger partial charge in [0.2, 0.25) is 0 Å². The lowest BCUT2D eigenvalue weighted by Gasteiger charge is -2.31. The van der Waals surface area contributed by atoms with Crippen molar-refractivity contribution in [2.75, 3.05) is 6.61 Å². The first-order valence-corrected chi connectivity index (χ1v) is 10.0. The topological polar surface area (TPSA) is 111 Å². The summed E-state index contributed by atoms with van der Waals surface area (Å²) in [5, 5.41) is 12.5. The summed E-state index contributed by atoms with van der Waals surface area (Å²) < 4.78 is 10.9. The van der Waals surface area contributed by atoms with E-state index in [-0.39, 0.29) is 25.4 Å². The largest absolute Gasteiger partial charge is 0.480 e. The molecule has 4 N–H and O–H groups in total. The molecule has 0 aromatic heterocycles. The maximum atomic E-state index is 12.2. The Bertz CT molecular complexity index is 642. The van der Waals surface area contributed by atoms with Crippen LogP contribution in [0.3, 0.4) is 0 Å². The Morgan fingerprint density at radius 3 is 2.31 bits per heavy atom. The van der Waals surface area contributed by atoms with Gasteiger partial charge in [0.25, 0.3) is 0 Å². The van der Waals surface area contributed by atoms with Crippen molar-refractivity contribution in [2.24, 2.45) is 11.7 Å². The van der Waals surface area contributed by atoms with Crippen molar-refractivity contribution < 1.29 is 24.2 Å². The zero-order valence-electron chi connectivity index (χ0n) is 18.2. The number of hydrogen-bond acceptors (Lipinski definition) is 5. The summed E-state index contributed by atoms with van der Waals surface area (Å²) in [6.45, 7) is 9.94. The smallest absolute Gasteiger partial charge is 0.407 e. The van der Waals surface area contributed by atoms with E-state index in [4.69, 9.17) is 15.2 Å². The van der Waals surface area contributed by atoms with E-state index in [1.807, 2.05) is 44.2 Å². The average Bonchev–Trinajstić information content (AvgIpc) is 2.57. The quantitative estimate of drug-likeness (QED) is 0.482. The minimum Gasteiger partial charge on any atom is -0.480 e. The molecule has 2 atom stereocenters. The SMILES string of the molecule is CC(C)C[C@@H](CC(N)(CCOCc1ccccc1)C(=O)O)NC(=O)OC(C)(C)C. The molecule has 0 aliphatic heterocycles. The van der Waals surface area contributed by atoms with Crippen LogP contribution in [-0.2, 0) is 20.9 Å². The summed E-state index contributed by atoms with van der Waals surface area (Å²) in [6, 6.07) is 9.22. The van der Waals surface area contributed by atoms with Crippen molar-refractivity contribution in [3.63, 3.8) is 0 Å². The van der Waals surface area contributed by atoms with Crippen molar-refractivity contribution in [3.05, 3.63) is 35.9 Å². The molecule has 0 spiro atoms. The molecule has 1 aromatic carbocycles. The van der Waals surface area contributed by atoms with Crippen molar-refractivity contribution in [3.8, 4) is 0 Å². The molecule has 0 heterocycles. The van der Waals surface area contributed by atoms with Crippen LogP contribution >= 0.6 is 0 Å². The molecular weight excluding hydrogens is 372 g/mol. The van der Waals surface area contributed by atoms with E-state index in [1.54, 1.807) is 20.8 Å². The van der Waals surface area contributed by atoms with Crippen molar-refractivity contribution in [2.45, 2.75) is 77.7 Å². The molecule has 29 heavy (non-hydrogen) atoms. The van der Waals surface area contributed by atoms with E-state index >= 15 is 0 Å². The van der Waals surface area contributed by atoms with E-state index < -0.39 is 29.2 Å². The first-order valence-electron chi connectivity index (χ1n) is 10.0. The van der Waals surface area contributed by atoms with Gasteiger partial charge in [-0.15, -0.1) is 0 Å². The Hall–Kier alpha value is -2.12. The number of alkyl carbamates (subject to hydrolysis) is 1. The number of rotatable bonds is 11. The highest BCUT2D eigenvalue weighted by molar-refractivity contribution is 5.78. The summed E-state index contributed by atoms with van der Waals surface area (Å²) in [5.41, 5.74) is 5.09. The van der Waals surface area contributed by atoms with E-state index in [9.17, 15) is 14.7 Å². The van der Waals surface area contributed by atoms with E-state index in [1.165, 1.54) is 0 Å². The van der Waals surface area contributed by atoms with Gasteiger partial charge >= 0.3 is 12.1 Å². The van der Waals surface area contributed by atoms with Gasteiger partial charge in [0.15, 0.2) is 0 Å². The summed E-state index contributed by atoms with van der Waals surface area (Å²) in [4.78, 5) is 24.1. The number of carboxylic acid groups (broad SMARTS) is 1. The fourth-order valence-corrected chi connectivity index (χ4v) is 2.99. The predicted molar refractivity (Wildman–Crippen MR) is 112 cm³/mol. The molecule has 0 aliphatic carbocycles. The highest BCUT2D eigenvalue weighted by Gasteiger charge is 2.37. The van der Waals surface area contributed by atoms with Crippen molar-refractivity contribution in [1.82, 2.24) is 5.32 Å². The molecule has 7 nitrogen and oxygen atoms in total. The number of aliphatic carboxylic acids is 1. The van der Waals surface area contributed by atoms with Gasteiger partial charge < -0.3 is 25.6 Å². The second-order valence-electron chi connectivity index (χ2n) is 8.93. The lowest BCUT2D eigenvalue weighted by Crippen LogP contribution is -2.54. The fourth-order valence-electron chi connectivity index (χ4n) is 2.99. The monoisotopic (exact) mass is 408 g/mol. The van der Waals surface area contributed by atoms with Gasteiger partial charge in [0.05, 0.1) is 6.61 Å². The Kier molecular flexibility index (Phi) is 9.59. The van der Waals surface area contributed by atoms with Crippen LogP contribution in [0, 0.1) is 5.92 Å². The zero-order chi connectivity index (χ0) is 22.1. The Morgan fingerprint density at radius 1 is 1.17 bits per heavy atom. The molecule has 164 valence electrons. The summed E-state index contributed by atoms with van der Waals surface area (Å²) >= 11 is 0. The lowest BCUT2D eigenvalue weighted by atomic mass is 9.86. The van der Waals surface area contributed by atoms with Crippen LogP contribution in [-0.4, -0.2) is 41.0 Å². The normalized spacial score (nSPS) is 14.9. The van der Waals surface area contributed by atoms with E-state index in [0.29, 0.717) is 13.0 Å². The zero-order valence-corrected chi connectivity index (χ0v) is 18.2. The molecule has 0 radical (unpaired) electrons. The van der Waals surface area contributed by atoms with Gasteiger partial charge in [-0.2, -0.15) is 0 Å². The fraction of sp³-hybridized carbons (Fsp3) is 0.636. The van der Waals surface area contributed by atoms with Gasteiger partial charge in [-0.25, -0.2) is 4.79 Å². The molecule has 0 bridgehead atoms. The lowest BCUT2D eigenvalue weighted by molar-refractivity contribution is -0.144. The van der Waals surface area contributed by atoms with Crippen LogP contribution in [0.5, 0.6) is 0 Å². The number of carboxylic acids is 1. The molecular formula is C22H36N2O5. The van der Waals surface area contributed by atoms with Gasteiger partial charge in [-0.05, 0) is 51.5 Å². The number of nitrogens with one attached hydrogen (secondary N) is 1. The number of nitrogens with two attached hydrogens (primary N) is 1. The summed E-state index contributed by atoms with van der Waals surface area (Å²) in [6.07, 6.45) is 0.251. The standard InChI is InChI=1S/C22H36N2O5/c1-16(2)13-18(24-20(27)29-21(3,4)5)14-22(23,19(25)26)11-12-28-15-17-9-7-6-8-10-17/h6-10,16,18H,11-15,23H2,1-5H3,(H,24,27)(H,25,26)/t18-,22?/m0/s1. The third kappa shape index (κ3) is 10.3. The predicted octanol–water partition coefficient (Wildman–Crippen LogP) is 3.70. The van der Waals surface area contributed by atoms with Crippen LogP contribution in [0.2, 0.25) is 0 Å². The Balaban J connectivity index is 2.70. The maximum absolute atomic E-state index is 12.2. The van der Waals surface area contributed by atoms with Crippen molar-refractivity contribution in [1.29, 1.82) is 0 Å². The Morgan fingerprint density at radius 2 is 1.79 bits per heavy atom. The molecule has 0 saturated carbocycles. The summed E-state index contributed by atoms with van der Waals surface area (Å²) in [7, 11) is 0. The molecule has 1 unspecified atom stereocenters. The Labute approximate surface area is 174 Å². The van der Waals surface area contributed by atoms with Crippen LogP contribution < -0.4 is 11.1 Å². The van der Waals surface area contributed by atoms with Gasteiger partial charge in [0, 0.05) is 12.6 Å². The van der Waals surface area contributed by atoms with Gasteiger partial charge in [-0.1, -0.05) is 44.2 Å². The summed E-state index contributed by atoms with van der Waals surface area (Å²) in [5.74, 6) is -0.858. The van der Waals surface area contributed by atoms with Gasteiger partial charge in [-0.3, -0.25) is 4.79 Å². The van der Waals surface area contributed by atoms with Crippen LogP contribution in [0.4, 0.5) is 4.79 Å².